The van der Waals surface area contributed by atoms with Crippen LogP contribution in [-0.4, -0.2) is 88.1 Å². The standard InChI is InChI=1S/C31H35ClN6O6S/c1-31(2,3)44-30(41)35(4)13-16-38-28(39)12-11-26(34-38)22-7-5-21(6-8-22)19-36-14-15-37(20-29(36)40)45(42,43)27-18-23-17-24(32)9-10-25(23)33-27/h5-12,17-18,33H,13-16,19-20H2,1-4H3. The van der Waals surface area contributed by atoms with Gasteiger partial charge in [-0.15, -0.1) is 0 Å². The second-order valence-electron chi connectivity index (χ2n) is 11.9. The molecule has 0 saturated carbocycles. The predicted octanol–water partition coefficient (Wildman–Crippen LogP) is 3.95. The molecule has 1 saturated heterocycles. The first-order chi connectivity index (χ1) is 21.2. The van der Waals surface area contributed by atoms with E-state index in [0.29, 0.717) is 28.2 Å². The number of rotatable bonds is 8. The predicted molar refractivity (Wildman–Crippen MR) is 170 cm³/mol. The minimum Gasteiger partial charge on any atom is -0.444 e. The van der Waals surface area contributed by atoms with Crippen LogP contribution in [0.2, 0.25) is 5.02 Å². The third-order valence-electron chi connectivity index (χ3n) is 7.30. The van der Waals surface area contributed by atoms with Gasteiger partial charge < -0.3 is 19.5 Å². The molecule has 2 aromatic heterocycles. The van der Waals surface area contributed by atoms with E-state index in [0.717, 1.165) is 11.1 Å². The van der Waals surface area contributed by atoms with Gasteiger partial charge in [-0.1, -0.05) is 35.9 Å². The Labute approximate surface area is 266 Å². The number of nitrogens with zero attached hydrogens (tertiary/aromatic N) is 5. The van der Waals surface area contributed by atoms with E-state index in [9.17, 15) is 22.8 Å². The van der Waals surface area contributed by atoms with Crippen molar-refractivity contribution in [2.75, 3.05) is 33.2 Å². The number of carbonyl (C=O) groups excluding carboxylic acids is 2. The first kappa shape index (κ1) is 32.2. The van der Waals surface area contributed by atoms with Crippen molar-refractivity contribution in [3.8, 4) is 11.3 Å². The van der Waals surface area contributed by atoms with Crippen LogP contribution >= 0.6 is 11.6 Å². The quantitative estimate of drug-likeness (QED) is 0.304. The molecule has 0 bridgehead atoms. The smallest absolute Gasteiger partial charge is 0.410 e. The van der Waals surface area contributed by atoms with Crippen molar-refractivity contribution >= 4 is 44.5 Å². The lowest BCUT2D eigenvalue weighted by Gasteiger charge is -2.33. The van der Waals surface area contributed by atoms with Crippen molar-refractivity contribution in [2.24, 2.45) is 0 Å². The topological polar surface area (TPSA) is 138 Å². The molecule has 2 aromatic carbocycles. The van der Waals surface area contributed by atoms with E-state index in [1.54, 1.807) is 57.0 Å². The Morgan fingerprint density at radius 1 is 1.04 bits per heavy atom. The second-order valence-corrected chi connectivity index (χ2v) is 14.2. The number of aromatic nitrogens is 3. The SMILES string of the molecule is CN(CCn1nc(-c2ccc(CN3CCN(S(=O)(=O)c4cc5cc(Cl)ccc5[nH]4)CC3=O)cc2)ccc1=O)C(=O)OC(C)(C)C. The van der Waals surface area contributed by atoms with Crippen LogP contribution in [0.4, 0.5) is 4.79 Å². The van der Waals surface area contributed by atoms with Crippen molar-refractivity contribution in [2.45, 2.75) is 44.5 Å². The summed E-state index contributed by atoms with van der Waals surface area (Å²) in [5.41, 5.74) is 1.95. The molecule has 238 valence electrons. The molecule has 45 heavy (non-hydrogen) atoms. The number of likely N-dealkylation sites (N-methyl/N-ethyl adjacent to an activating group) is 1. The van der Waals surface area contributed by atoms with Gasteiger partial charge in [0.15, 0.2) is 0 Å². The molecule has 1 aliphatic heterocycles. The average molecular weight is 655 g/mol. The number of H-pyrrole nitrogens is 1. The Morgan fingerprint density at radius 2 is 1.78 bits per heavy atom. The van der Waals surface area contributed by atoms with E-state index in [1.165, 1.54) is 26.0 Å². The largest absolute Gasteiger partial charge is 0.444 e. The highest BCUT2D eigenvalue weighted by atomic mass is 35.5. The number of nitrogens with one attached hydrogen (secondary N) is 1. The van der Waals surface area contributed by atoms with Gasteiger partial charge in [0.05, 0.1) is 18.8 Å². The first-order valence-corrected chi connectivity index (χ1v) is 16.2. The number of piperazine rings is 1. The number of hydrogen-bond acceptors (Lipinski definition) is 7. The van der Waals surface area contributed by atoms with E-state index in [-0.39, 0.29) is 49.2 Å². The van der Waals surface area contributed by atoms with Crippen molar-refractivity contribution in [3.05, 3.63) is 81.6 Å². The third-order valence-corrected chi connectivity index (χ3v) is 9.30. The van der Waals surface area contributed by atoms with Gasteiger partial charge in [0.1, 0.15) is 10.6 Å². The molecule has 0 radical (unpaired) electrons. The summed E-state index contributed by atoms with van der Waals surface area (Å²) in [6, 6.07) is 17.1. The van der Waals surface area contributed by atoms with Crippen LogP contribution in [0.15, 0.2) is 70.5 Å². The molecule has 1 fully saturated rings. The summed E-state index contributed by atoms with van der Waals surface area (Å²) in [6.45, 7) is 6.26. The maximum Gasteiger partial charge on any atom is 0.410 e. The molecule has 3 heterocycles. The molecule has 4 aromatic rings. The monoisotopic (exact) mass is 654 g/mol. The number of hydrogen-bond donors (Lipinski definition) is 1. The van der Waals surface area contributed by atoms with E-state index < -0.39 is 21.7 Å². The normalized spacial score (nSPS) is 14.6. The van der Waals surface area contributed by atoms with Crippen LogP contribution in [-0.2, 0) is 32.6 Å². The van der Waals surface area contributed by atoms with Gasteiger partial charge in [-0.3, -0.25) is 9.59 Å². The molecule has 5 rings (SSSR count). The van der Waals surface area contributed by atoms with Crippen LogP contribution in [0.3, 0.4) is 0 Å². The van der Waals surface area contributed by atoms with Gasteiger partial charge in [-0.2, -0.15) is 9.40 Å². The molecular formula is C31H35ClN6O6S. The fraction of sp³-hybridized carbons (Fsp3) is 0.355. The lowest BCUT2D eigenvalue weighted by Crippen LogP contribution is -2.51. The third kappa shape index (κ3) is 7.55. The Hall–Kier alpha value is -4.20. The maximum absolute atomic E-state index is 13.3. The lowest BCUT2D eigenvalue weighted by molar-refractivity contribution is -0.134. The van der Waals surface area contributed by atoms with Crippen LogP contribution in [0.25, 0.3) is 22.2 Å². The highest BCUT2D eigenvalue weighted by molar-refractivity contribution is 7.89. The van der Waals surface area contributed by atoms with E-state index in [1.807, 2.05) is 24.3 Å². The lowest BCUT2D eigenvalue weighted by atomic mass is 10.1. The molecule has 12 nitrogen and oxygen atoms in total. The maximum atomic E-state index is 13.3. The minimum absolute atomic E-state index is 0.0200. The van der Waals surface area contributed by atoms with Crippen molar-refractivity contribution in [1.82, 2.24) is 28.9 Å². The highest BCUT2D eigenvalue weighted by Crippen LogP contribution is 2.25. The highest BCUT2D eigenvalue weighted by Gasteiger charge is 2.34. The molecule has 0 unspecified atom stereocenters. The summed E-state index contributed by atoms with van der Waals surface area (Å²) in [4.78, 5) is 43.6. The molecule has 0 atom stereocenters. The van der Waals surface area contributed by atoms with Crippen LogP contribution in [0.5, 0.6) is 0 Å². The Balaban J connectivity index is 1.20. The zero-order valence-electron chi connectivity index (χ0n) is 25.5. The zero-order valence-corrected chi connectivity index (χ0v) is 27.1. The molecule has 1 N–H and O–H groups in total. The summed E-state index contributed by atoms with van der Waals surface area (Å²) < 4.78 is 34.4. The first-order valence-electron chi connectivity index (χ1n) is 14.4. The molecule has 0 aliphatic carbocycles. The van der Waals surface area contributed by atoms with Crippen molar-refractivity contribution in [3.63, 3.8) is 0 Å². The molecule has 2 amide bonds. The molecule has 1 aliphatic rings. The number of carbonyl (C=O) groups is 2. The summed E-state index contributed by atoms with van der Waals surface area (Å²) in [5, 5.41) is 5.67. The number of ether oxygens (including phenoxy) is 1. The van der Waals surface area contributed by atoms with Crippen LogP contribution < -0.4 is 5.56 Å². The molecule has 0 spiro atoms. The van der Waals surface area contributed by atoms with Gasteiger partial charge in [0.25, 0.3) is 15.6 Å². The van der Waals surface area contributed by atoms with Gasteiger partial charge >= 0.3 is 6.09 Å². The summed E-state index contributed by atoms with van der Waals surface area (Å²) in [6.07, 6.45) is -0.483. The fourth-order valence-corrected chi connectivity index (χ4v) is 6.43. The summed E-state index contributed by atoms with van der Waals surface area (Å²) in [5.74, 6) is -0.293. The zero-order chi connectivity index (χ0) is 32.5. The van der Waals surface area contributed by atoms with Gasteiger partial charge in [-0.05, 0) is 56.7 Å². The van der Waals surface area contributed by atoms with E-state index >= 15 is 0 Å². The number of amides is 2. The van der Waals surface area contributed by atoms with Crippen molar-refractivity contribution < 1.29 is 22.7 Å². The number of fused-ring (bicyclic) bond motifs is 1. The second kappa shape index (κ2) is 12.7. The Bertz CT molecular complexity index is 1900. The number of aromatic amines is 1. The van der Waals surface area contributed by atoms with Gasteiger partial charge in [0.2, 0.25) is 5.91 Å². The van der Waals surface area contributed by atoms with E-state index in [4.69, 9.17) is 16.3 Å². The number of halogens is 1. The van der Waals surface area contributed by atoms with Crippen LogP contribution in [0, 0.1) is 0 Å². The van der Waals surface area contributed by atoms with E-state index in [2.05, 4.69) is 10.1 Å². The van der Waals surface area contributed by atoms with Crippen molar-refractivity contribution in [1.29, 1.82) is 0 Å². The van der Waals surface area contributed by atoms with Gasteiger partial charge in [-0.25, -0.2) is 17.9 Å². The summed E-state index contributed by atoms with van der Waals surface area (Å²) in [7, 11) is -2.30. The number of sulfonamides is 1. The minimum atomic E-state index is -3.90. The Morgan fingerprint density at radius 3 is 2.47 bits per heavy atom. The fourth-order valence-electron chi connectivity index (χ4n) is 4.85. The summed E-state index contributed by atoms with van der Waals surface area (Å²) >= 11 is 6.03. The van der Waals surface area contributed by atoms with Gasteiger partial charge in [0, 0.05) is 60.8 Å². The Kier molecular flexibility index (Phi) is 9.06. The number of benzene rings is 2. The molecule has 14 heteroatoms. The average Bonchev–Trinajstić information content (AvgIpc) is 3.41. The molecular weight excluding hydrogens is 620 g/mol. The van der Waals surface area contributed by atoms with Crippen LogP contribution in [0.1, 0.15) is 26.3 Å².